The van der Waals surface area contributed by atoms with E-state index in [1.54, 1.807) is 6.20 Å². The molecule has 0 spiro atoms. The molecule has 114 valence electrons. The Labute approximate surface area is 131 Å². The Morgan fingerprint density at radius 3 is 2.68 bits per heavy atom. The van der Waals surface area contributed by atoms with Crippen molar-refractivity contribution in [3.05, 3.63) is 53.7 Å². The van der Waals surface area contributed by atoms with Crippen molar-refractivity contribution in [1.82, 2.24) is 4.98 Å². The summed E-state index contributed by atoms with van der Waals surface area (Å²) in [7, 11) is 0. The molecule has 1 aliphatic rings. The molecule has 1 saturated carbocycles. The summed E-state index contributed by atoms with van der Waals surface area (Å²) < 4.78 is 0. The van der Waals surface area contributed by atoms with Crippen LogP contribution in [0.15, 0.2) is 42.6 Å². The van der Waals surface area contributed by atoms with Crippen LogP contribution in [0.25, 0.3) is 0 Å². The highest BCUT2D eigenvalue weighted by atomic mass is 16.1. The van der Waals surface area contributed by atoms with Gasteiger partial charge in [-0.15, -0.1) is 0 Å². The summed E-state index contributed by atoms with van der Waals surface area (Å²) in [6, 6.07) is 11.9. The molecule has 4 heteroatoms. The molecule has 1 aromatic heterocycles. The highest BCUT2D eigenvalue weighted by molar-refractivity contribution is 6.04. The van der Waals surface area contributed by atoms with Crippen LogP contribution in [-0.2, 0) is 0 Å². The third kappa shape index (κ3) is 3.64. The SMILES string of the molecule is Cc1cccc(C(=O)Nc2ccc(NC3CCCC3)nc2)c1. The van der Waals surface area contributed by atoms with Gasteiger partial charge in [-0.2, -0.15) is 0 Å². The van der Waals surface area contributed by atoms with Gasteiger partial charge < -0.3 is 10.6 Å². The number of pyridine rings is 1. The smallest absolute Gasteiger partial charge is 0.255 e. The summed E-state index contributed by atoms with van der Waals surface area (Å²) in [4.78, 5) is 16.6. The zero-order valence-corrected chi connectivity index (χ0v) is 12.8. The quantitative estimate of drug-likeness (QED) is 0.896. The Hall–Kier alpha value is -2.36. The van der Waals surface area contributed by atoms with Crippen molar-refractivity contribution in [2.45, 2.75) is 38.6 Å². The number of amides is 1. The van der Waals surface area contributed by atoms with Gasteiger partial charge in [-0.25, -0.2) is 4.98 Å². The van der Waals surface area contributed by atoms with Gasteiger partial charge in [0.25, 0.3) is 5.91 Å². The van der Waals surface area contributed by atoms with Crippen molar-refractivity contribution in [3.63, 3.8) is 0 Å². The minimum Gasteiger partial charge on any atom is -0.367 e. The molecule has 1 aromatic carbocycles. The van der Waals surface area contributed by atoms with Crippen LogP contribution in [0.2, 0.25) is 0 Å². The van der Waals surface area contributed by atoms with Gasteiger partial charge in [0.1, 0.15) is 5.82 Å². The number of nitrogens with zero attached hydrogens (tertiary/aromatic N) is 1. The molecule has 2 aromatic rings. The lowest BCUT2D eigenvalue weighted by Gasteiger charge is -2.13. The molecule has 1 heterocycles. The number of aryl methyl sites for hydroxylation is 1. The molecule has 0 aliphatic heterocycles. The molecule has 0 radical (unpaired) electrons. The van der Waals surface area contributed by atoms with Gasteiger partial charge >= 0.3 is 0 Å². The van der Waals surface area contributed by atoms with E-state index in [1.165, 1.54) is 25.7 Å². The number of benzene rings is 1. The summed E-state index contributed by atoms with van der Waals surface area (Å²) in [5, 5.41) is 6.31. The summed E-state index contributed by atoms with van der Waals surface area (Å²) in [6.45, 7) is 1.97. The molecule has 22 heavy (non-hydrogen) atoms. The summed E-state index contributed by atoms with van der Waals surface area (Å²) in [5.41, 5.74) is 2.44. The minimum atomic E-state index is -0.109. The van der Waals surface area contributed by atoms with Crippen LogP contribution in [0.4, 0.5) is 11.5 Å². The number of hydrogen-bond acceptors (Lipinski definition) is 3. The number of hydrogen-bond donors (Lipinski definition) is 2. The van der Waals surface area contributed by atoms with Crippen LogP contribution in [0, 0.1) is 6.92 Å². The monoisotopic (exact) mass is 295 g/mol. The Morgan fingerprint density at radius 2 is 2.00 bits per heavy atom. The molecule has 0 saturated heterocycles. The molecule has 2 N–H and O–H groups in total. The van der Waals surface area contributed by atoms with Crippen molar-refractivity contribution in [1.29, 1.82) is 0 Å². The third-order valence-corrected chi connectivity index (χ3v) is 4.01. The fourth-order valence-corrected chi connectivity index (χ4v) is 2.82. The minimum absolute atomic E-state index is 0.109. The van der Waals surface area contributed by atoms with Crippen molar-refractivity contribution in [3.8, 4) is 0 Å². The molecule has 1 amide bonds. The Balaban J connectivity index is 1.61. The Morgan fingerprint density at radius 1 is 1.18 bits per heavy atom. The zero-order valence-electron chi connectivity index (χ0n) is 12.8. The molecule has 0 unspecified atom stereocenters. The van der Waals surface area contributed by atoms with E-state index >= 15 is 0 Å². The second kappa shape index (κ2) is 6.60. The fourth-order valence-electron chi connectivity index (χ4n) is 2.82. The summed E-state index contributed by atoms with van der Waals surface area (Å²) in [6.07, 6.45) is 6.72. The number of aromatic nitrogens is 1. The van der Waals surface area contributed by atoms with Gasteiger partial charge in [0.15, 0.2) is 0 Å². The van der Waals surface area contributed by atoms with E-state index < -0.39 is 0 Å². The highest BCUT2D eigenvalue weighted by Crippen LogP contribution is 2.22. The van der Waals surface area contributed by atoms with E-state index in [9.17, 15) is 4.79 Å². The largest absolute Gasteiger partial charge is 0.367 e. The second-order valence-electron chi connectivity index (χ2n) is 5.88. The van der Waals surface area contributed by atoms with Gasteiger partial charge in [0.2, 0.25) is 0 Å². The van der Waals surface area contributed by atoms with Crippen LogP contribution >= 0.6 is 0 Å². The first-order valence-corrected chi connectivity index (χ1v) is 7.81. The Bertz CT molecular complexity index is 646. The molecule has 1 fully saturated rings. The maximum atomic E-state index is 12.2. The summed E-state index contributed by atoms with van der Waals surface area (Å²) in [5.74, 6) is 0.766. The van der Waals surface area contributed by atoms with E-state index in [0.29, 0.717) is 17.3 Å². The zero-order chi connectivity index (χ0) is 15.4. The van der Waals surface area contributed by atoms with Gasteiger partial charge in [-0.1, -0.05) is 30.5 Å². The van der Waals surface area contributed by atoms with Crippen molar-refractivity contribution < 1.29 is 4.79 Å². The van der Waals surface area contributed by atoms with E-state index in [-0.39, 0.29) is 5.91 Å². The number of carbonyl (C=O) groups excluding carboxylic acids is 1. The van der Waals surface area contributed by atoms with Crippen LogP contribution in [0.5, 0.6) is 0 Å². The predicted octanol–water partition coefficient (Wildman–Crippen LogP) is 4.00. The highest BCUT2D eigenvalue weighted by Gasteiger charge is 2.14. The van der Waals surface area contributed by atoms with E-state index in [4.69, 9.17) is 0 Å². The standard InChI is InChI=1S/C18H21N3O/c1-13-5-4-6-14(11-13)18(22)21-16-9-10-17(19-12-16)20-15-7-2-3-8-15/h4-6,9-12,15H,2-3,7-8H2,1H3,(H,19,20)(H,21,22). The molecule has 1 aliphatic carbocycles. The lowest BCUT2D eigenvalue weighted by molar-refractivity contribution is 0.102. The van der Waals surface area contributed by atoms with Gasteiger partial charge in [-0.3, -0.25) is 4.79 Å². The molecule has 3 rings (SSSR count). The second-order valence-corrected chi connectivity index (χ2v) is 5.88. The molecular weight excluding hydrogens is 274 g/mol. The lowest BCUT2D eigenvalue weighted by Crippen LogP contribution is -2.16. The number of nitrogens with one attached hydrogen (secondary N) is 2. The number of carbonyl (C=O) groups is 1. The first kappa shape index (κ1) is 14.6. The third-order valence-electron chi connectivity index (χ3n) is 4.01. The average Bonchev–Trinajstić information content (AvgIpc) is 3.02. The normalized spacial score (nSPS) is 14.8. The maximum Gasteiger partial charge on any atom is 0.255 e. The van der Waals surface area contributed by atoms with E-state index in [1.807, 2.05) is 43.3 Å². The fraction of sp³-hybridized carbons (Fsp3) is 0.333. The molecular formula is C18H21N3O. The van der Waals surface area contributed by atoms with Gasteiger partial charge in [-0.05, 0) is 44.0 Å². The van der Waals surface area contributed by atoms with Gasteiger partial charge in [0.05, 0.1) is 11.9 Å². The van der Waals surface area contributed by atoms with Crippen LogP contribution < -0.4 is 10.6 Å². The van der Waals surface area contributed by atoms with Crippen LogP contribution in [0.1, 0.15) is 41.6 Å². The predicted molar refractivity (Wildman–Crippen MR) is 89.2 cm³/mol. The van der Waals surface area contributed by atoms with Crippen molar-refractivity contribution >= 4 is 17.4 Å². The Kier molecular flexibility index (Phi) is 4.37. The van der Waals surface area contributed by atoms with Crippen molar-refractivity contribution in [2.24, 2.45) is 0 Å². The first-order chi connectivity index (χ1) is 10.7. The maximum absolute atomic E-state index is 12.2. The van der Waals surface area contributed by atoms with Crippen molar-refractivity contribution in [2.75, 3.05) is 10.6 Å². The van der Waals surface area contributed by atoms with Crippen LogP contribution in [0.3, 0.4) is 0 Å². The topological polar surface area (TPSA) is 54.0 Å². The lowest BCUT2D eigenvalue weighted by atomic mass is 10.1. The van der Waals surface area contributed by atoms with Gasteiger partial charge in [0, 0.05) is 11.6 Å². The first-order valence-electron chi connectivity index (χ1n) is 7.81. The molecule has 4 nitrogen and oxygen atoms in total. The van der Waals surface area contributed by atoms with E-state index in [2.05, 4.69) is 15.6 Å². The van der Waals surface area contributed by atoms with E-state index in [0.717, 1.165) is 11.4 Å². The number of rotatable bonds is 4. The van der Waals surface area contributed by atoms with Crippen LogP contribution in [-0.4, -0.2) is 16.9 Å². The number of anilines is 2. The molecule has 0 bridgehead atoms. The summed E-state index contributed by atoms with van der Waals surface area (Å²) >= 11 is 0. The average molecular weight is 295 g/mol. The molecule has 0 atom stereocenters.